The van der Waals surface area contributed by atoms with Crippen molar-refractivity contribution >= 4 is 16.0 Å². The minimum atomic E-state index is -4.82. The lowest BCUT2D eigenvalue weighted by molar-refractivity contribution is -0.140. The number of carboxylic acids is 1. The summed E-state index contributed by atoms with van der Waals surface area (Å²) in [5, 5.41) is 8.82. The van der Waals surface area contributed by atoms with Gasteiger partial charge in [-0.25, -0.2) is 17.9 Å². The second-order valence-corrected chi connectivity index (χ2v) is 9.02. The van der Waals surface area contributed by atoms with Crippen LogP contribution in [0.25, 0.3) is 0 Å². The van der Waals surface area contributed by atoms with Gasteiger partial charge in [-0.3, -0.25) is 0 Å². The summed E-state index contributed by atoms with van der Waals surface area (Å²) in [5.74, 6) is -1.04. The first-order valence-electron chi connectivity index (χ1n) is 9.40. The van der Waals surface area contributed by atoms with Gasteiger partial charge in [-0.05, 0) is 31.0 Å². The van der Waals surface area contributed by atoms with Gasteiger partial charge in [0.25, 0.3) is 0 Å². The molecule has 1 saturated carbocycles. The molecule has 0 spiro atoms. The zero-order valence-electron chi connectivity index (χ0n) is 15.9. The standard InChI is InChI=1S/C20H18F3NO6S/c21-20(22,23)12-5-1-2-7-16(12)31(27,28)24-13-8-9-14-18(13)11-4-3-6-15(19(11)30-14)29-10-17(25)26/h1-7,13-14,18,24H,8-10H2,(H,25,26). The highest BCUT2D eigenvalue weighted by Gasteiger charge is 2.48. The fourth-order valence-corrected chi connectivity index (χ4v) is 5.69. The third-order valence-electron chi connectivity index (χ3n) is 5.37. The number of aliphatic carboxylic acids is 1. The SMILES string of the molecule is O=C(O)COc1cccc2c1OC1CCC(NS(=O)(=O)c3ccccc3C(F)(F)F)C21. The van der Waals surface area contributed by atoms with Gasteiger partial charge in [0, 0.05) is 17.5 Å². The molecule has 2 aliphatic rings. The maximum Gasteiger partial charge on any atom is 0.417 e. The second kappa shape index (κ2) is 7.72. The number of rotatable bonds is 6. The maximum atomic E-state index is 13.3. The number of halogens is 3. The summed E-state index contributed by atoms with van der Waals surface area (Å²) < 4.78 is 79.2. The summed E-state index contributed by atoms with van der Waals surface area (Å²) in [5.41, 5.74) is -0.605. The summed E-state index contributed by atoms with van der Waals surface area (Å²) >= 11 is 0. The molecular weight excluding hydrogens is 439 g/mol. The topological polar surface area (TPSA) is 102 Å². The van der Waals surface area contributed by atoms with Gasteiger partial charge in [0.2, 0.25) is 10.0 Å². The number of hydrogen-bond acceptors (Lipinski definition) is 5. The molecule has 0 saturated heterocycles. The number of sulfonamides is 1. The van der Waals surface area contributed by atoms with Crippen LogP contribution in [0.1, 0.15) is 29.9 Å². The largest absolute Gasteiger partial charge is 0.486 e. The maximum absolute atomic E-state index is 13.3. The molecule has 1 fully saturated rings. The molecule has 166 valence electrons. The number of carbonyl (C=O) groups is 1. The van der Waals surface area contributed by atoms with Crippen LogP contribution in [0.2, 0.25) is 0 Å². The van der Waals surface area contributed by atoms with Gasteiger partial charge in [0.1, 0.15) is 6.10 Å². The lowest BCUT2D eigenvalue weighted by Gasteiger charge is -2.21. The van der Waals surface area contributed by atoms with E-state index in [2.05, 4.69) is 4.72 Å². The van der Waals surface area contributed by atoms with Crippen molar-refractivity contribution in [1.29, 1.82) is 0 Å². The smallest absolute Gasteiger partial charge is 0.417 e. The van der Waals surface area contributed by atoms with Crippen LogP contribution >= 0.6 is 0 Å². The van der Waals surface area contributed by atoms with E-state index in [4.69, 9.17) is 14.6 Å². The average molecular weight is 457 g/mol. The average Bonchev–Trinajstić information content (AvgIpc) is 3.25. The van der Waals surface area contributed by atoms with Gasteiger partial charge in [-0.15, -0.1) is 0 Å². The third-order valence-corrected chi connectivity index (χ3v) is 6.92. The number of para-hydroxylation sites is 1. The van der Waals surface area contributed by atoms with E-state index >= 15 is 0 Å². The summed E-state index contributed by atoms with van der Waals surface area (Å²) in [6, 6.07) is 8.22. The number of ether oxygens (including phenoxy) is 2. The molecule has 0 amide bonds. The van der Waals surface area contributed by atoms with Crippen molar-refractivity contribution in [3.63, 3.8) is 0 Å². The van der Waals surface area contributed by atoms with Crippen molar-refractivity contribution in [3.8, 4) is 11.5 Å². The molecule has 11 heteroatoms. The van der Waals surface area contributed by atoms with E-state index in [1.165, 1.54) is 6.07 Å². The zero-order valence-corrected chi connectivity index (χ0v) is 16.7. The molecule has 0 bridgehead atoms. The summed E-state index contributed by atoms with van der Waals surface area (Å²) in [7, 11) is -4.46. The van der Waals surface area contributed by atoms with E-state index in [0.29, 0.717) is 24.2 Å². The highest BCUT2D eigenvalue weighted by atomic mass is 32.2. The van der Waals surface area contributed by atoms with Gasteiger partial charge < -0.3 is 14.6 Å². The molecule has 0 aromatic heterocycles. The Morgan fingerprint density at radius 2 is 1.90 bits per heavy atom. The van der Waals surface area contributed by atoms with Gasteiger partial charge in [-0.1, -0.05) is 24.3 Å². The van der Waals surface area contributed by atoms with Crippen LogP contribution in [0.5, 0.6) is 11.5 Å². The highest BCUT2D eigenvalue weighted by Crippen LogP contribution is 2.51. The number of carboxylic acid groups (broad SMARTS) is 1. The number of alkyl halides is 3. The lowest BCUT2D eigenvalue weighted by atomic mass is 9.94. The highest BCUT2D eigenvalue weighted by molar-refractivity contribution is 7.89. The Balaban J connectivity index is 1.62. The molecule has 31 heavy (non-hydrogen) atoms. The number of benzene rings is 2. The predicted octanol–water partition coefficient (Wildman–Crippen LogP) is 3.15. The number of nitrogens with one attached hydrogen (secondary N) is 1. The Labute approximate surface area is 175 Å². The van der Waals surface area contributed by atoms with Gasteiger partial charge in [0.15, 0.2) is 18.1 Å². The van der Waals surface area contributed by atoms with Crippen LogP contribution < -0.4 is 14.2 Å². The molecule has 3 unspecified atom stereocenters. The van der Waals surface area contributed by atoms with Crippen LogP contribution in [-0.2, 0) is 21.0 Å². The Hall–Kier alpha value is -2.79. The fourth-order valence-electron chi connectivity index (χ4n) is 4.17. The van der Waals surface area contributed by atoms with E-state index in [9.17, 15) is 26.4 Å². The van der Waals surface area contributed by atoms with Crippen LogP contribution in [0.15, 0.2) is 47.4 Å². The first kappa shape index (κ1) is 21.4. The molecule has 2 N–H and O–H groups in total. The number of hydrogen-bond donors (Lipinski definition) is 2. The Morgan fingerprint density at radius 3 is 2.61 bits per heavy atom. The van der Waals surface area contributed by atoms with Crippen molar-refractivity contribution in [3.05, 3.63) is 53.6 Å². The molecule has 3 atom stereocenters. The molecule has 1 heterocycles. The van der Waals surface area contributed by atoms with Crippen LogP contribution in [0, 0.1) is 0 Å². The Bertz CT molecular complexity index is 1120. The molecular formula is C20H18F3NO6S. The monoisotopic (exact) mass is 457 g/mol. The third kappa shape index (κ3) is 4.07. The predicted molar refractivity (Wildman–Crippen MR) is 102 cm³/mol. The van der Waals surface area contributed by atoms with Crippen molar-refractivity contribution in [1.82, 2.24) is 4.72 Å². The molecule has 7 nitrogen and oxygen atoms in total. The minimum absolute atomic E-state index is 0.221. The van der Waals surface area contributed by atoms with Gasteiger partial charge in [0.05, 0.1) is 10.5 Å². The molecule has 4 rings (SSSR count). The van der Waals surface area contributed by atoms with Crippen LogP contribution in [0.4, 0.5) is 13.2 Å². The van der Waals surface area contributed by atoms with E-state index in [1.54, 1.807) is 18.2 Å². The van der Waals surface area contributed by atoms with E-state index in [-0.39, 0.29) is 5.75 Å². The molecule has 1 aliphatic carbocycles. The quantitative estimate of drug-likeness (QED) is 0.691. The zero-order chi connectivity index (χ0) is 22.4. The van der Waals surface area contributed by atoms with Crippen molar-refractivity contribution < 1.29 is 41.0 Å². The Kier molecular flexibility index (Phi) is 5.34. The van der Waals surface area contributed by atoms with Crippen LogP contribution in [-0.4, -0.2) is 38.2 Å². The van der Waals surface area contributed by atoms with Crippen molar-refractivity contribution in [2.24, 2.45) is 0 Å². The first-order chi connectivity index (χ1) is 14.6. The van der Waals surface area contributed by atoms with Crippen molar-refractivity contribution in [2.45, 2.75) is 42.0 Å². The van der Waals surface area contributed by atoms with E-state index in [1.807, 2.05) is 0 Å². The van der Waals surface area contributed by atoms with Gasteiger partial charge in [-0.2, -0.15) is 13.2 Å². The molecule has 2 aromatic rings. The molecule has 2 aromatic carbocycles. The summed E-state index contributed by atoms with van der Waals surface area (Å²) in [4.78, 5) is 9.96. The van der Waals surface area contributed by atoms with Crippen LogP contribution in [0.3, 0.4) is 0 Å². The van der Waals surface area contributed by atoms with Crippen molar-refractivity contribution in [2.75, 3.05) is 6.61 Å². The Morgan fingerprint density at radius 1 is 1.16 bits per heavy atom. The summed E-state index contributed by atoms with van der Waals surface area (Å²) in [6.45, 7) is -0.570. The fraction of sp³-hybridized carbons (Fsp3) is 0.350. The molecule has 0 radical (unpaired) electrons. The van der Waals surface area contributed by atoms with E-state index in [0.717, 1.165) is 18.2 Å². The minimum Gasteiger partial charge on any atom is -0.486 e. The normalized spacial score (nSPS) is 22.5. The summed E-state index contributed by atoms with van der Waals surface area (Å²) in [6.07, 6.45) is -4.35. The van der Waals surface area contributed by atoms with E-state index < -0.39 is 57.3 Å². The van der Waals surface area contributed by atoms with Gasteiger partial charge >= 0.3 is 12.1 Å². The first-order valence-corrected chi connectivity index (χ1v) is 10.9. The second-order valence-electron chi connectivity index (χ2n) is 7.34. The number of fused-ring (bicyclic) bond motifs is 3. The molecule has 1 aliphatic heterocycles. The lowest BCUT2D eigenvalue weighted by Crippen LogP contribution is -2.38.